The maximum Gasteiger partial charge on any atom is 0.282 e. The highest BCUT2D eigenvalue weighted by Crippen LogP contribution is 2.24. The summed E-state index contributed by atoms with van der Waals surface area (Å²) in [4.78, 5) is 26.1. The number of benzene rings is 1. The maximum absolute atomic E-state index is 12.3. The Labute approximate surface area is 140 Å². The summed E-state index contributed by atoms with van der Waals surface area (Å²) in [5.74, 6) is 0.316. The number of piperidine rings is 1. The lowest BCUT2D eigenvalue weighted by Gasteiger charge is -2.30. The molecule has 6 nitrogen and oxygen atoms in total. The molecular formula is C16H23N3O3S. The van der Waals surface area contributed by atoms with Gasteiger partial charge < -0.3 is 10.2 Å². The van der Waals surface area contributed by atoms with Gasteiger partial charge in [-0.05, 0) is 43.7 Å². The van der Waals surface area contributed by atoms with Crippen molar-refractivity contribution in [2.75, 3.05) is 32.4 Å². The van der Waals surface area contributed by atoms with Gasteiger partial charge in [0.05, 0.1) is 4.92 Å². The quantitative estimate of drug-likeness (QED) is 0.491. The molecule has 1 unspecified atom stereocenters. The van der Waals surface area contributed by atoms with Crippen LogP contribution >= 0.6 is 11.8 Å². The largest absolute Gasteiger partial charge is 0.351 e. The van der Waals surface area contributed by atoms with Crippen molar-refractivity contribution < 1.29 is 9.72 Å². The topological polar surface area (TPSA) is 75.5 Å². The van der Waals surface area contributed by atoms with E-state index in [0.29, 0.717) is 12.5 Å². The van der Waals surface area contributed by atoms with Crippen LogP contribution in [0.4, 0.5) is 5.69 Å². The number of hydrogen-bond donors (Lipinski definition) is 1. The van der Waals surface area contributed by atoms with Gasteiger partial charge >= 0.3 is 0 Å². The lowest BCUT2D eigenvalue weighted by atomic mass is 10.0. The van der Waals surface area contributed by atoms with Crippen LogP contribution in [0.5, 0.6) is 0 Å². The molecule has 126 valence electrons. The fourth-order valence-corrected chi connectivity index (χ4v) is 3.34. The second kappa shape index (κ2) is 8.31. The Morgan fingerprint density at radius 1 is 1.52 bits per heavy atom. The van der Waals surface area contributed by atoms with Crippen LogP contribution in [0.3, 0.4) is 0 Å². The molecule has 0 aromatic heterocycles. The Bertz CT molecular complexity index is 580. The predicted molar refractivity (Wildman–Crippen MR) is 92.0 cm³/mol. The van der Waals surface area contributed by atoms with E-state index in [1.807, 2.05) is 6.26 Å². The molecule has 0 bridgehead atoms. The van der Waals surface area contributed by atoms with E-state index in [9.17, 15) is 14.9 Å². The zero-order chi connectivity index (χ0) is 16.8. The van der Waals surface area contributed by atoms with Gasteiger partial charge in [0.2, 0.25) is 0 Å². The third kappa shape index (κ3) is 4.94. The molecule has 1 saturated heterocycles. The van der Waals surface area contributed by atoms with Crippen molar-refractivity contribution in [2.45, 2.75) is 24.7 Å². The summed E-state index contributed by atoms with van der Waals surface area (Å²) in [7, 11) is 0. The number of carbonyl (C=O) groups is 1. The minimum Gasteiger partial charge on any atom is -0.351 e. The second-order valence-corrected chi connectivity index (χ2v) is 6.82. The molecule has 1 heterocycles. The van der Waals surface area contributed by atoms with Gasteiger partial charge in [-0.1, -0.05) is 6.92 Å². The monoisotopic (exact) mass is 337 g/mol. The van der Waals surface area contributed by atoms with E-state index in [1.54, 1.807) is 12.1 Å². The third-order valence-corrected chi connectivity index (χ3v) is 4.83. The van der Waals surface area contributed by atoms with Crippen molar-refractivity contribution in [1.29, 1.82) is 0 Å². The van der Waals surface area contributed by atoms with Gasteiger partial charge in [-0.25, -0.2) is 0 Å². The molecule has 1 aromatic carbocycles. The number of nitro benzene ring substituents is 1. The van der Waals surface area contributed by atoms with E-state index in [2.05, 4.69) is 17.1 Å². The van der Waals surface area contributed by atoms with E-state index >= 15 is 0 Å². The first kappa shape index (κ1) is 17.7. The highest BCUT2D eigenvalue weighted by atomic mass is 32.2. The molecule has 1 aromatic rings. The first-order valence-corrected chi connectivity index (χ1v) is 9.06. The molecule has 1 N–H and O–H groups in total. The van der Waals surface area contributed by atoms with Crippen LogP contribution < -0.4 is 5.32 Å². The summed E-state index contributed by atoms with van der Waals surface area (Å²) in [6, 6.07) is 4.64. The molecule has 23 heavy (non-hydrogen) atoms. The average Bonchev–Trinajstić information content (AvgIpc) is 2.54. The Balaban J connectivity index is 1.95. The van der Waals surface area contributed by atoms with Crippen LogP contribution in [0, 0.1) is 16.0 Å². The van der Waals surface area contributed by atoms with Gasteiger partial charge in [-0.15, -0.1) is 11.8 Å². The molecule has 7 heteroatoms. The van der Waals surface area contributed by atoms with Gasteiger partial charge in [0, 0.05) is 30.6 Å². The number of nitrogens with one attached hydrogen (secondary N) is 1. The van der Waals surface area contributed by atoms with E-state index in [4.69, 9.17) is 0 Å². The SMILES string of the molecule is CSc1ccc([N+](=O)[O-])c(C(=O)NCCN2CCCC(C)C2)c1. The van der Waals surface area contributed by atoms with Gasteiger partial charge in [-0.3, -0.25) is 14.9 Å². The number of nitro groups is 1. The fourth-order valence-electron chi connectivity index (χ4n) is 2.90. The van der Waals surface area contributed by atoms with Gasteiger partial charge in [-0.2, -0.15) is 0 Å². The lowest BCUT2D eigenvalue weighted by molar-refractivity contribution is -0.385. The molecule has 0 aliphatic carbocycles. The maximum atomic E-state index is 12.3. The molecule has 1 fully saturated rings. The average molecular weight is 337 g/mol. The molecule has 0 saturated carbocycles. The Morgan fingerprint density at radius 2 is 2.30 bits per heavy atom. The Hall–Kier alpha value is -1.60. The van der Waals surface area contributed by atoms with E-state index in [0.717, 1.165) is 24.5 Å². The minimum absolute atomic E-state index is 0.133. The Kier molecular flexibility index (Phi) is 6.41. The summed E-state index contributed by atoms with van der Waals surface area (Å²) >= 11 is 1.46. The molecule has 2 rings (SSSR count). The second-order valence-electron chi connectivity index (χ2n) is 5.94. The summed E-state index contributed by atoms with van der Waals surface area (Å²) in [6.07, 6.45) is 4.33. The van der Waals surface area contributed by atoms with Crippen LogP contribution in [0.2, 0.25) is 0 Å². The van der Waals surface area contributed by atoms with Crippen LogP contribution in [0.15, 0.2) is 23.1 Å². The van der Waals surface area contributed by atoms with Crippen molar-refractivity contribution in [1.82, 2.24) is 10.2 Å². The van der Waals surface area contributed by atoms with Crippen molar-refractivity contribution in [3.63, 3.8) is 0 Å². The normalized spacial score (nSPS) is 18.6. The number of thioether (sulfide) groups is 1. The summed E-state index contributed by atoms with van der Waals surface area (Å²) < 4.78 is 0. The Morgan fingerprint density at radius 3 is 2.96 bits per heavy atom. The molecular weight excluding hydrogens is 314 g/mol. The van der Waals surface area contributed by atoms with Gasteiger partial charge in [0.15, 0.2) is 0 Å². The number of hydrogen-bond acceptors (Lipinski definition) is 5. The zero-order valence-electron chi connectivity index (χ0n) is 13.6. The summed E-state index contributed by atoms with van der Waals surface area (Å²) in [6.45, 7) is 5.64. The number of rotatable bonds is 6. The first-order valence-electron chi connectivity index (χ1n) is 7.84. The number of carbonyl (C=O) groups excluding carboxylic acids is 1. The number of amides is 1. The number of likely N-dealkylation sites (tertiary alicyclic amines) is 1. The smallest absolute Gasteiger partial charge is 0.282 e. The standard InChI is InChI=1S/C16H23N3O3S/c1-12-4-3-8-18(11-12)9-7-17-16(20)14-10-13(23-2)5-6-15(14)19(21)22/h5-6,10,12H,3-4,7-9,11H2,1-2H3,(H,17,20). The highest BCUT2D eigenvalue weighted by Gasteiger charge is 2.21. The van der Waals surface area contributed by atoms with Crippen LogP contribution in [-0.4, -0.2) is 48.2 Å². The van der Waals surface area contributed by atoms with Crippen LogP contribution in [0.25, 0.3) is 0 Å². The molecule has 0 spiro atoms. The fraction of sp³-hybridized carbons (Fsp3) is 0.562. The van der Waals surface area contributed by atoms with Crippen molar-refractivity contribution in [2.24, 2.45) is 5.92 Å². The van der Waals surface area contributed by atoms with Crippen molar-refractivity contribution >= 4 is 23.4 Å². The molecule has 1 amide bonds. The van der Waals surface area contributed by atoms with Crippen molar-refractivity contribution in [3.8, 4) is 0 Å². The molecule has 0 radical (unpaired) electrons. The van der Waals surface area contributed by atoms with Crippen LogP contribution in [0.1, 0.15) is 30.1 Å². The highest BCUT2D eigenvalue weighted by molar-refractivity contribution is 7.98. The van der Waals surface area contributed by atoms with E-state index in [-0.39, 0.29) is 17.2 Å². The van der Waals surface area contributed by atoms with Crippen molar-refractivity contribution in [3.05, 3.63) is 33.9 Å². The molecule has 1 atom stereocenters. The summed E-state index contributed by atoms with van der Waals surface area (Å²) in [5, 5.41) is 13.9. The third-order valence-electron chi connectivity index (χ3n) is 4.10. The van der Waals surface area contributed by atoms with E-state index in [1.165, 1.54) is 30.7 Å². The summed E-state index contributed by atoms with van der Waals surface area (Å²) in [5.41, 5.74) is -0.0132. The van der Waals surface area contributed by atoms with Gasteiger partial charge in [0.1, 0.15) is 5.56 Å². The minimum atomic E-state index is -0.509. The molecule has 1 aliphatic rings. The first-order chi connectivity index (χ1) is 11.0. The van der Waals surface area contributed by atoms with E-state index < -0.39 is 4.92 Å². The van der Waals surface area contributed by atoms with Gasteiger partial charge in [0.25, 0.3) is 11.6 Å². The number of nitrogens with zero attached hydrogens (tertiary/aromatic N) is 2. The molecule has 1 aliphatic heterocycles. The zero-order valence-corrected chi connectivity index (χ0v) is 14.4. The van der Waals surface area contributed by atoms with Crippen LogP contribution in [-0.2, 0) is 0 Å². The lowest BCUT2D eigenvalue weighted by Crippen LogP contribution is -2.40. The predicted octanol–water partition coefficient (Wildman–Crippen LogP) is 2.78.